The van der Waals surface area contributed by atoms with Gasteiger partial charge in [0.2, 0.25) is 11.6 Å². The molecule has 25 heavy (non-hydrogen) atoms. The normalized spacial score (nSPS) is 11.1. The number of anilines is 1. The Balaban J connectivity index is 1.82. The van der Waals surface area contributed by atoms with E-state index in [2.05, 4.69) is 35.8 Å². The van der Waals surface area contributed by atoms with Crippen LogP contribution in [0.3, 0.4) is 0 Å². The maximum Gasteiger partial charge on any atom is 0.293 e. The zero-order valence-electron chi connectivity index (χ0n) is 13.2. The highest BCUT2D eigenvalue weighted by molar-refractivity contribution is 5.94. The second-order valence-electron chi connectivity index (χ2n) is 4.81. The van der Waals surface area contributed by atoms with Crippen molar-refractivity contribution in [3.8, 4) is 5.82 Å². The summed E-state index contributed by atoms with van der Waals surface area (Å²) in [4.78, 5) is 12.3. The quantitative estimate of drug-likeness (QED) is 0.475. The first-order chi connectivity index (χ1) is 12.2. The molecule has 11 heteroatoms. The van der Waals surface area contributed by atoms with Crippen molar-refractivity contribution in [1.82, 2.24) is 30.7 Å². The van der Waals surface area contributed by atoms with Crippen LogP contribution >= 0.6 is 0 Å². The Labute approximate surface area is 141 Å². The van der Waals surface area contributed by atoms with E-state index in [0.717, 1.165) is 5.56 Å². The van der Waals surface area contributed by atoms with Crippen molar-refractivity contribution in [2.24, 2.45) is 5.10 Å². The maximum absolute atomic E-state index is 12.3. The van der Waals surface area contributed by atoms with Gasteiger partial charge in [-0.1, -0.05) is 35.5 Å². The van der Waals surface area contributed by atoms with Crippen LogP contribution in [0.25, 0.3) is 5.82 Å². The number of rotatable bonds is 6. The van der Waals surface area contributed by atoms with Crippen molar-refractivity contribution in [3.63, 3.8) is 0 Å². The molecule has 128 valence electrons. The number of nitrogen functional groups attached to an aromatic ring is 1. The first-order valence-electron chi connectivity index (χ1n) is 7.11. The highest BCUT2D eigenvalue weighted by Crippen LogP contribution is 2.16. The van der Waals surface area contributed by atoms with Crippen LogP contribution in [0.4, 0.5) is 5.82 Å². The Morgan fingerprint density at radius 1 is 1.40 bits per heavy atom. The van der Waals surface area contributed by atoms with Crippen LogP contribution in [0.5, 0.6) is 0 Å². The van der Waals surface area contributed by atoms with Crippen LogP contribution < -0.4 is 11.2 Å². The van der Waals surface area contributed by atoms with Crippen LogP contribution in [0.2, 0.25) is 0 Å². The molecular formula is C14H14N8O3. The number of nitrogens with two attached hydrogens (primary N) is 1. The Hall–Kier alpha value is -3.60. The number of hydrogen-bond donors (Lipinski definition) is 2. The van der Waals surface area contributed by atoms with Crippen LogP contribution in [-0.4, -0.2) is 44.5 Å². The molecule has 0 atom stereocenters. The lowest BCUT2D eigenvalue weighted by Crippen LogP contribution is -2.20. The maximum atomic E-state index is 12.3. The number of nitrogens with zero attached hydrogens (tertiary/aromatic N) is 6. The lowest BCUT2D eigenvalue weighted by atomic mass is 10.2. The summed E-state index contributed by atoms with van der Waals surface area (Å²) in [6.45, 7) is 0.0461. The SMILES string of the molecule is COCc1c(C(=O)N/N=C/c2ccccc2)nnn1-c1nonc1N. The van der Waals surface area contributed by atoms with Crippen molar-refractivity contribution in [2.75, 3.05) is 12.8 Å². The molecule has 1 aromatic carbocycles. The summed E-state index contributed by atoms with van der Waals surface area (Å²) >= 11 is 0. The number of aromatic nitrogens is 5. The zero-order valence-corrected chi connectivity index (χ0v) is 13.2. The topological polar surface area (TPSA) is 146 Å². The van der Waals surface area contributed by atoms with Crippen molar-refractivity contribution in [3.05, 3.63) is 47.3 Å². The molecule has 1 amide bonds. The van der Waals surface area contributed by atoms with Crippen LogP contribution in [0.1, 0.15) is 21.7 Å². The molecule has 3 rings (SSSR count). The van der Waals surface area contributed by atoms with E-state index in [0.29, 0.717) is 5.69 Å². The fourth-order valence-corrected chi connectivity index (χ4v) is 2.01. The molecule has 0 bridgehead atoms. The summed E-state index contributed by atoms with van der Waals surface area (Å²) in [5, 5.41) is 18.7. The fraction of sp³-hybridized carbons (Fsp3) is 0.143. The lowest BCUT2D eigenvalue weighted by Gasteiger charge is -2.03. The third-order valence-corrected chi connectivity index (χ3v) is 3.13. The molecule has 0 fully saturated rings. The number of benzene rings is 1. The van der Waals surface area contributed by atoms with Gasteiger partial charge in [-0.3, -0.25) is 4.79 Å². The number of carbonyl (C=O) groups is 1. The number of nitrogens with one attached hydrogen (secondary N) is 1. The van der Waals surface area contributed by atoms with Gasteiger partial charge in [-0.25, -0.2) is 10.1 Å². The van der Waals surface area contributed by atoms with Crippen molar-refractivity contribution in [2.45, 2.75) is 6.61 Å². The van der Waals surface area contributed by atoms with Crippen LogP contribution in [-0.2, 0) is 11.3 Å². The summed E-state index contributed by atoms with van der Waals surface area (Å²) in [6, 6.07) is 9.31. The number of hydrogen-bond acceptors (Lipinski definition) is 9. The van der Waals surface area contributed by atoms with E-state index in [4.69, 9.17) is 10.5 Å². The largest absolute Gasteiger partial charge is 0.378 e. The monoisotopic (exact) mass is 342 g/mol. The number of carbonyl (C=O) groups excluding carboxylic acids is 1. The Bertz CT molecular complexity index is 887. The summed E-state index contributed by atoms with van der Waals surface area (Å²) < 4.78 is 10.9. The molecule has 2 aromatic heterocycles. The Morgan fingerprint density at radius 3 is 2.88 bits per heavy atom. The summed E-state index contributed by atoms with van der Waals surface area (Å²) in [5.41, 5.74) is 9.23. The van der Waals surface area contributed by atoms with Crippen molar-refractivity contribution < 1.29 is 14.2 Å². The molecule has 2 heterocycles. The third kappa shape index (κ3) is 3.50. The second kappa shape index (κ2) is 7.31. The van der Waals surface area contributed by atoms with E-state index in [9.17, 15) is 4.79 Å². The molecule has 0 saturated carbocycles. The highest BCUT2D eigenvalue weighted by atomic mass is 16.6. The molecule has 3 N–H and O–H groups in total. The van der Waals surface area contributed by atoms with E-state index >= 15 is 0 Å². The van der Waals surface area contributed by atoms with Gasteiger partial charge in [0.1, 0.15) is 5.69 Å². The third-order valence-electron chi connectivity index (χ3n) is 3.13. The molecule has 0 unspecified atom stereocenters. The molecule has 3 aromatic rings. The summed E-state index contributed by atoms with van der Waals surface area (Å²) in [5.74, 6) is -0.428. The van der Waals surface area contributed by atoms with Crippen LogP contribution in [0.15, 0.2) is 40.1 Å². The van der Waals surface area contributed by atoms with E-state index in [1.807, 2.05) is 30.3 Å². The number of methoxy groups -OCH3 is 1. The van der Waals surface area contributed by atoms with Gasteiger partial charge in [0, 0.05) is 7.11 Å². The average molecular weight is 342 g/mol. The predicted octanol–water partition coefficient (Wildman–Crippen LogP) is 0.143. The van der Waals surface area contributed by atoms with Crippen LogP contribution in [0, 0.1) is 0 Å². The van der Waals surface area contributed by atoms with E-state index < -0.39 is 5.91 Å². The minimum Gasteiger partial charge on any atom is -0.378 e. The minimum atomic E-state index is -0.555. The second-order valence-corrected chi connectivity index (χ2v) is 4.81. The standard InChI is InChI=1S/C14H14N8O3/c1-24-8-10-11(17-21-22(10)13-12(15)19-25-20-13)14(23)18-16-7-9-5-3-2-4-6-9/h2-7H,8H2,1H3,(H2,15,19)(H,18,23)/b16-7+. The zero-order chi connectivity index (χ0) is 17.6. The smallest absolute Gasteiger partial charge is 0.293 e. The number of hydrazone groups is 1. The van der Waals surface area contributed by atoms with Gasteiger partial charge in [-0.05, 0) is 15.9 Å². The van der Waals surface area contributed by atoms with E-state index in [-0.39, 0.29) is 23.9 Å². The number of amides is 1. The first kappa shape index (κ1) is 16.3. The minimum absolute atomic E-state index is 0.0105. The van der Waals surface area contributed by atoms with E-state index in [1.165, 1.54) is 18.0 Å². The Kier molecular flexibility index (Phi) is 4.76. The molecule has 11 nitrogen and oxygen atoms in total. The lowest BCUT2D eigenvalue weighted by molar-refractivity contribution is 0.0944. The molecule has 0 aliphatic heterocycles. The van der Waals surface area contributed by atoms with Gasteiger partial charge >= 0.3 is 0 Å². The van der Waals surface area contributed by atoms with E-state index in [1.54, 1.807) is 0 Å². The van der Waals surface area contributed by atoms with Gasteiger partial charge in [0.05, 0.1) is 12.8 Å². The molecule has 0 spiro atoms. The van der Waals surface area contributed by atoms with Crippen molar-refractivity contribution in [1.29, 1.82) is 0 Å². The summed E-state index contributed by atoms with van der Waals surface area (Å²) in [7, 11) is 1.47. The van der Waals surface area contributed by atoms with Crippen molar-refractivity contribution >= 4 is 17.9 Å². The van der Waals surface area contributed by atoms with Gasteiger partial charge in [-0.2, -0.15) is 9.78 Å². The molecule has 0 aliphatic rings. The predicted molar refractivity (Wildman–Crippen MR) is 85.8 cm³/mol. The molecular weight excluding hydrogens is 328 g/mol. The van der Waals surface area contributed by atoms with Gasteiger partial charge in [0.25, 0.3) is 5.91 Å². The average Bonchev–Trinajstić information content (AvgIpc) is 3.22. The Morgan fingerprint density at radius 2 is 2.20 bits per heavy atom. The number of ether oxygens (including phenoxy) is 1. The fourth-order valence-electron chi connectivity index (χ4n) is 2.01. The molecule has 0 saturated heterocycles. The first-order valence-corrected chi connectivity index (χ1v) is 7.11. The van der Waals surface area contributed by atoms with Gasteiger partial charge < -0.3 is 10.5 Å². The van der Waals surface area contributed by atoms with Gasteiger partial charge in [-0.15, -0.1) is 5.10 Å². The molecule has 0 radical (unpaired) electrons. The summed E-state index contributed by atoms with van der Waals surface area (Å²) in [6.07, 6.45) is 1.51. The molecule has 0 aliphatic carbocycles. The van der Waals surface area contributed by atoms with Gasteiger partial charge in [0.15, 0.2) is 5.69 Å². The highest BCUT2D eigenvalue weighted by Gasteiger charge is 2.23.